The van der Waals surface area contributed by atoms with Crippen LogP contribution in [-0.4, -0.2) is 16.0 Å². The molecule has 0 aromatic carbocycles. The fourth-order valence-corrected chi connectivity index (χ4v) is 2.52. The van der Waals surface area contributed by atoms with Gasteiger partial charge in [-0.05, 0) is 37.3 Å². The van der Waals surface area contributed by atoms with Crippen LogP contribution in [0.5, 0.6) is 0 Å². The molecule has 1 saturated carbocycles. The van der Waals surface area contributed by atoms with Crippen LogP contribution < -0.4 is 5.32 Å². The molecule has 1 unspecified atom stereocenters. The third kappa shape index (κ3) is 2.77. The van der Waals surface area contributed by atoms with Gasteiger partial charge in [-0.15, -0.1) is 0 Å². The van der Waals surface area contributed by atoms with Crippen LogP contribution in [0, 0.1) is 5.92 Å². The van der Waals surface area contributed by atoms with E-state index < -0.39 is 0 Å². The van der Waals surface area contributed by atoms with E-state index in [-0.39, 0.29) is 5.28 Å². The van der Waals surface area contributed by atoms with Gasteiger partial charge in [0.1, 0.15) is 10.8 Å². The molecule has 1 aromatic rings. The summed E-state index contributed by atoms with van der Waals surface area (Å²) in [5.74, 6) is 1.35. The van der Waals surface area contributed by atoms with Crippen molar-refractivity contribution >= 4 is 29.0 Å². The molecule has 1 heterocycles. The Bertz CT molecular complexity index is 364. The van der Waals surface area contributed by atoms with Crippen LogP contribution in [0.3, 0.4) is 0 Å². The van der Waals surface area contributed by atoms with Crippen LogP contribution in [0.2, 0.25) is 10.3 Å². The largest absolute Gasteiger partial charge is 0.366 e. The summed E-state index contributed by atoms with van der Waals surface area (Å²) >= 11 is 11.7. The van der Waals surface area contributed by atoms with Crippen molar-refractivity contribution in [3.05, 3.63) is 16.5 Å². The van der Waals surface area contributed by atoms with Gasteiger partial charge in [0.05, 0.1) is 6.20 Å². The lowest BCUT2D eigenvalue weighted by Gasteiger charge is -2.21. The molecule has 5 heteroatoms. The Hall–Kier alpha value is -0.540. The second-order valence-electron chi connectivity index (χ2n) is 4.31. The van der Waals surface area contributed by atoms with Crippen molar-refractivity contribution < 1.29 is 0 Å². The Morgan fingerprint density at radius 1 is 1.38 bits per heavy atom. The van der Waals surface area contributed by atoms with Crippen molar-refractivity contribution in [3.63, 3.8) is 0 Å². The lowest BCUT2D eigenvalue weighted by Crippen LogP contribution is -2.24. The first kappa shape index (κ1) is 11.9. The van der Waals surface area contributed by atoms with Crippen molar-refractivity contribution in [1.82, 2.24) is 9.97 Å². The maximum atomic E-state index is 6.00. The van der Waals surface area contributed by atoms with Gasteiger partial charge < -0.3 is 5.32 Å². The average Bonchev–Trinajstić information content (AvgIpc) is 2.76. The Morgan fingerprint density at radius 2 is 2.06 bits per heavy atom. The highest BCUT2D eigenvalue weighted by atomic mass is 35.5. The van der Waals surface area contributed by atoms with E-state index in [1.165, 1.54) is 31.9 Å². The number of aromatic nitrogens is 2. The monoisotopic (exact) mass is 259 g/mol. The average molecular weight is 260 g/mol. The molecule has 1 aliphatic carbocycles. The molecule has 1 aromatic heterocycles. The lowest BCUT2D eigenvalue weighted by molar-refractivity contribution is 0.481. The molecular weight excluding hydrogens is 245 g/mol. The van der Waals surface area contributed by atoms with Crippen LogP contribution in [0.4, 0.5) is 5.82 Å². The quantitative estimate of drug-likeness (QED) is 0.840. The topological polar surface area (TPSA) is 37.8 Å². The molecule has 0 radical (unpaired) electrons. The summed E-state index contributed by atoms with van der Waals surface area (Å²) in [5, 5.41) is 4.08. The van der Waals surface area contributed by atoms with E-state index in [0.29, 0.717) is 22.8 Å². The first-order valence-electron chi connectivity index (χ1n) is 5.61. The number of nitrogens with zero attached hydrogens (tertiary/aromatic N) is 2. The maximum absolute atomic E-state index is 6.00. The highest BCUT2D eigenvalue weighted by Gasteiger charge is 2.22. The third-order valence-corrected chi connectivity index (χ3v) is 3.64. The highest BCUT2D eigenvalue weighted by molar-refractivity contribution is 6.33. The summed E-state index contributed by atoms with van der Waals surface area (Å²) in [4.78, 5) is 7.92. The van der Waals surface area contributed by atoms with Crippen LogP contribution in [0.1, 0.15) is 32.6 Å². The second kappa shape index (κ2) is 5.19. The van der Waals surface area contributed by atoms with Crippen molar-refractivity contribution in [3.8, 4) is 0 Å². The van der Waals surface area contributed by atoms with Crippen LogP contribution in [-0.2, 0) is 0 Å². The van der Waals surface area contributed by atoms with E-state index in [0.717, 1.165) is 0 Å². The smallest absolute Gasteiger partial charge is 0.224 e. The molecule has 88 valence electrons. The number of hydrogen-bond donors (Lipinski definition) is 1. The lowest BCUT2D eigenvalue weighted by atomic mass is 10.00. The molecule has 1 aliphatic rings. The van der Waals surface area contributed by atoms with E-state index >= 15 is 0 Å². The van der Waals surface area contributed by atoms with E-state index in [4.69, 9.17) is 23.2 Å². The molecule has 0 bridgehead atoms. The summed E-state index contributed by atoms with van der Waals surface area (Å²) in [6.07, 6.45) is 6.75. The zero-order valence-corrected chi connectivity index (χ0v) is 10.7. The van der Waals surface area contributed by atoms with Gasteiger partial charge in [-0.2, -0.15) is 4.98 Å². The van der Waals surface area contributed by atoms with Gasteiger partial charge in [0.25, 0.3) is 0 Å². The third-order valence-electron chi connectivity index (χ3n) is 3.19. The molecule has 0 amide bonds. The van der Waals surface area contributed by atoms with Gasteiger partial charge in [-0.25, -0.2) is 4.98 Å². The summed E-state index contributed by atoms with van der Waals surface area (Å²) in [5.41, 5.74) is 0. The van der Waals surface area contributed by atoms with E-state index in [1.54, 1.807) is 0 Å². The van der Waals surface area contributed by atoms with Crippen molar-refractivity contribution in [2.45, 2.75) is 38.6 Å². The van der Waals surface area contributed by atoms with E-state index in [2.05, 4.69) is 22.2 Å². The maximum Gasteiger partial charge on any atom is 0.224 e. The standard InChI is InChI=1S/C11H15Cl2N3/c1-7(8-4-2-3-5-8)15-10-9(12)6-14-11(13)16-10/h6-8H,2-5H2,1H3,(H,14,15,16). The zero-order chi connectivity index (χ0) is 11.5. The van der Waals surface area contributed by atoms with Crippen molar-refractivity contribution in [1.29, 1.82) is 0 Å². The summed E-state index contributed by atoms with van der Waals surface area (Å²) in [7, 11) is 0. The molecule has 1 fully saturated rings. The minimum absolute atomic E-state index is 0.227. The summed E-state index contributed by atoms with van der Waals surface area (Å²) in [6.45, 7) is 2.17. The molecule has 0 aliphatic heterocycles. The first-order valence-corrected chi connectivity index (χ1v) is 6.37. The van der Waals surface area contributed by atoms with Gasteiger partial charge in [0.2, 0.25) is 5.28 Å². The van der Waals surface area contributed by atoms with E-state index in [9.17, 15) is 0 Å². The molecule has 2 rings (SSSR count). The predicted molar refractivity (Wildman–Crippen MR) is 67.1 cm³/mol. The normalized spacial score (nSPS) is 18.7. The molecule has 1 atom stereocenters. The van der Waals surface area contributed by atoms with Gasteiger partial charge in [0, 0.05) is 6.04 Å². The predicted octanol–water partition coefficient (Wildman–Crippen LogP) is 3.77. The van der Waals surface area contributed by atoms with Gasteiger partial charge >= 0.3 is 0 Å². The van der Waals surface area contributed by atoms with Gasteiger partial charge in [-0.3, -0.25) is 0 Å². The SMILES string of the molecule is CC(Nc1nc(Cl)ncc1Cl)C1CCCC1. The minimum Gasteiger partial charge on any atom is -0.366 e. The molecule has 16 heavy (non-hydrogen) atoms. The van der Waals surface area contributed by atoms with Crippen LogP contribution >= 0.6 is 23.2 Å². The van der Waals surface area contributed by atoms with Gasteiger partial charge in [0.15, 0.2) is 0 Å². The Morgan fingerprint density at radius 3 is 2.75 bits per heavy atom. The Labute approximate surface area is 106 Å². The molecular formula is C11H15Cl2N3. The Kier molecular flexibility index (Phi) is 3.87. The Balaban J connectivity index is 2.04. The summed E-state index contributed by atoms with van der Waals surface area (Å²) in [6, 6.07) is 0.381. The first-order chi connectivity index (χ1) is 7.66. The number of anilines is 1. The molecule has 0 saturated heterocycles. The summed E-state index contributed by atoms with van der Waals surface area (Å²) < 4.78 is 0. The van der Waals surface area contributed by atoms with E-state index in [1.807, 2.05) is 0 Å². The fourth-order valence-electron chi connectivity index (χ4n) is 2.24. The highest BCUT2D eigenvalue weighted by Crippen LogP contribution is 2.30. The second-order valence-corrected chi connectivity index (χ2v) is 5.06. The zero-order valence-electron chi connectivity index (χ0n) is 9.21. The molecule has 1 N–H and O–H groups in total. The fraction of sp³-hybridized carbons (Fsp3) is 0.636. The van der Waals surface area contributed by atoms with Crippen molar-refractivity contribution in [2.24, 2.45) is 5.92 Å². The van der Waals surface area contributed by atoms with Gasteiger partial charge in [-0.1, -0.05) is 24.4 Å². The van der Waals surface area contributed by atoms with Crippen LogP contribution in [0.25, 0.3) is 0 Å². The van der Waals surface area contributed by atoms with Crippen molar-refractivity contribution in [2.75, 3.05) is 5.32 Å². The number of halogens is 2. The molecule has 0 spiro atoms. The van der Waals surface area contributed by atoms with Crippen LogP contribution in [0.15, 0.2) is 6.20 Å². The molecule has 3 nitrogen and oxygen atoms in total. The number of hydrogen-bond acceptors (Lipinski definition) is 3. The number of rotatable bonds is 3. The number of nitrogens with one attached hydrogen (secondary N) is 1. The minimum atomic E-state index is 0.227.